The van der Waals surface area contributed by atoms with E-state index in [-0.39, 0.29) is 25.0 Å². The number of aliphatic hydroxyl groups is 2. The molecule has 7 rings (SSSR count). The van der Waals surface area contributed by atoms with Gasteiger partial charge in [-0.15, -0.1) is 0 Å². The maximum absolute atomic E-state index is 14.6. The van der Waals surface area contributed by atoms with Crippen LogP contribution in [0.25, 0.3) is 21.8 Å². The first-order valence-electron chi connectivity index (χ1n) is 21.3. The number of fused-ring (bicyclic) bond motifs is 2. The van der Waals surface area contributed by atoms with Crippen molar-refractivity contribution in [3.8, 4) is 5.75 Å². The molecule has 8 atom stereocenters. The van der Waals surface area contributed by atoms with E-state index in [0.717, 1.165) is 38.8 Å². The number of phenolic OH excluding ortho intramolecular Hbond substituents is 1. The molecule has 22 nitrogen and oxygen atoms in total. The summed E-state index contributed by atoms with van der Waals surface area (Å²) in [4.78, 5) is 102. The van der Waals surface area contributed by atoms with E-state index in [0.29, 0.717) is 27.6 Å². The average Bonchev–Trinajstić information content (AvgIpc) is 4.00. The molecule has 3 aromatic heterocycles. The van der Waals surface area contributed by atoms with Crippen molar-refractivity contribution in [2.45, 2.75) is 74.8 Å². The summed E-state index contributed by atoms with van der Waals surface area (Å²) in [6.45, 7) is 1.44. The monoisotopic (exact) mass is 934 g/mol. The van der Waals surface area contributed by atoms with Crippen molar-refractivity contribution in [1.29, 1.82) is 0 Å². The van der Waals surface area contributed by atoms with E-state index in [4.69, 9.17) is 10.5 Å². The number of aromatic amines is 3. The highest BCUT2D eigenvalue weighted by Gasteiger charge is 2.42. The van der Waals surface area contributed by atoms with Crippen LogP contribution in [0.5, 0.6) is 5.75 Å². The van der Waals surface area contributed by atoms with E-state index in [1.807, 2.05) is 17.1 Å². The Morgan fingerprint density at radius 1 is 0.838 bits per heavy atom. The zero-order valence-electron chi connectivity index (χ0n) is 36.6. The maximum Gasteiger partial charge on any atom is 0.331 e. The number of para-hydroxylation sites is 2. The van der Waals surface area contributed by atoms with E-state index >= 15 is 0 Å². The highest BCUT2D eigenvalue weighted by molar-refractivity contribution is 5.95. The number of likely N-dealkylation sites (N-methyl/N-ethyl adjacent to an activating group) is 1. The second-order valence-corrected chi connectivity index (χ2v) is 16.4. The summed E-state index contributed by atoms with van der Waals surface area (Å²) in [5.74, 6) is -4.41. The van der Waals surface area contributed by atoms with Gasteiger partial charge in [-0.2, -0.15) is 0 Å². The van der Waals surface area contributed by atoms with Crippen molar-refractivity contribution in [2.24, 2.45) is 5.73 Å². The molecule has 0 aliphatic carbocycles. The third-order valence-corrected chi connectivity index (χ3v) is 11.8. The summed E-state index contributed by atoms with van der Waals surface area (Å²) in [7, 11) is 1.35. The van der Waals surface area contributed by atoms with Gasteiger partial charge in [-0.05, 0) is 54.3 Å². The second kappa shape index (κ2) is 20.5. The Bertz CT molecular complexity index is 3000. The molecule has 13 N–H and O–H groups in total. The fraction of sp³-hybridized carbons (Fsp3) is 0.283. The number of H-pyrrole nitrogens is 3. The molecule has 0 spiro atoms. The molecule has 0 unspecified atom stereocenters. The number of phenols is 1. The molecule has 22 heteroatoms. The molecule has 1 aliphatic heterocycles. The van der Waals surface area contributed by atoms with Crippen LogP contribution < -0.4 is 38.2 Å². The normalized spacial score (nSPS) is 18.5. The third-order valence-electron chi connectivity index (χ3n) is 11.8. The van der Waals surface area contributed by atoms with E-state index in [2.05, 4.69) is 31.2 Å². The number of hydrogen-bond donors (Lipinski definition) is 12. The molecule has 1 fully saturated rings. The van der Waals surface area contributed by atoms with E-state index in [1.165, 1.54) is 26.1 Å². The van der Waals surface area contributed by atoms with E-state index in [9.17, 15) is 54.0 Å². The topological polar surface area (TPSA) is 339 Å². The quantitative estimate of drug-likeness (QED) is 0.0570. The Labute approximate surface area is 385 Å². The molecule has 356 valence electrons. The Kier molecular flexibility index (Phi) is 14.4. The number of hydrogen-bond acceptors (Lipinski definition) is 12. The number of aliphatic carboxylic acids is 1. The first-order valence-corrected chi connectivity index (χ1v) is 21.3. The van der Waals surface area contributed by atoms with Gasteiger partial charge in [0, 0.05) is 72.6 Å². The number of aliphatic hydroxyl groups excluding tert-OH is 2. The van der Waals surface area contributed by atoms with Gasteiger partial charge < -0.3 is 67.0 Å². The molecular formula is C46H50N10O12. The predicted molar refractivity (Wildman–Crippen MR) is 245 cm³/mol. The first kappa shape index (κ1) is 47.7. The van der Waals surface area contributed by atoms with Crippen molar-refractivity contribution in [3.05, 3.63) is 147 Å². The van der Waals surface area contributed by atoms with Gasteiger partial charge in [0.05, 0.1) is 12.1 Å². The standard InChI is InChI=1S/C46H50N10O12/c1-23(55(2)42(63)30(47)17-24-8-7-9-27(57)16-24)37(41(62)50-22-35-38(59)39(60)43(68-35)56-15-14-36(58)53-46(56)67)54-40(61)33(18-25-20-48-31-12-5-3-10-28(25)31)51-45(66)52-34(44(64)65)19-26-21-49-32-13-6-4-11-29(26)32/h3-16,20-23,30,33-34,37-39,43,48-49,57,59-60H,17-19,47H2,1-2H3,(H,50,62)(H,54,61)(H,64,65)(H2,51,52,66)(H,53,58,67)/b35-22-/t23-,30-,33-,34-,37-,38+,39+,43+/m0/s1. The number of nitrogens with zero attached hydrogens (tertiary/aromatic N) is 2. The van der Waals surface area contributed by atoms with Gasteiger partial charge in [-0.1, -0.05) is 48.5 Å². The van der Waals surface area contributed by atoms with Gasteiger partial charge in [0.1, 0.15) is 41.8 Å². The number of carbonyl (C=O) groups is 5. The molecule has 1 saturated heterocycles. The lowest BCUT2D eigenvalue weighted by atomic mass is 10.0. The lowest BCUT2D eigenvalue weighted by Gasteiger charge is -2.34. The van der Waals surface area contributed by atoms with Crippen LogP contribution in [0, 0.1) is 0 Å². The molecule has 4 heterocycles. The molecule has 0 saturated carbocycles. The number of carboxylic acid groups (broad SMARTS) is 1. The van der Waals surface area contributed by atoms with Crippen molar-refractivity contribution in [1.82, 2.24) is 45.7 Å². The molecule has 6 aromatic rings. The van der Waals surface area contributed by atoms with Gasteiger partial charge in [-0.3, -0.25) is 28.7 Å². The first-order chi connectivity index (χ1) is 32.5. The number of carboxylic acids is 1. The Balaban J connectivity index is 1.16. The Morgan fingerprint density at radius 2 is 1.46 bits per heavy atom. The fourth-order valence-corrected chi connectivity index (χ4v) is 7.98. The van der Waals surface area contributed by atoms with Crippen LogP contribution in [0.15, 0.2) is 119 Å². The summed E-state index contributed by atoms with van der Waals surface area (Å²) in [5.41, 5.74) is 7.86. The van der Waals surface area contributed by atoms with Crippen LogP contribution in [-0.2, 0) is 43.2 Å². The van der Waals surface area contributed by atoms with Gasteiger partial charge in [0.25, 0.3) is 5.56 Å². The van der Waals surface area contributed by atoms with E-state index in [1.54, 1.807) is 60.9 Å². The van der Waals surface area contributed by atoms with Crippen LogP contribution in [-0.4, -0.2) is 124 Å². The van der Waals surface area contributed by atoms with Gasteiger partial charge in [0.15, 0.2) is 0 Å². The summed E-state index contributed by atoms with van der Waals surface area (Å²) in [6, 6.07) is 13.5. The fourth-order valence-electron chi connectivity index (χ4n) is 7.98. The number of rotatable bonds is 17. The Morgan fingerprint density at radius 3 is 2.07 bits per heavy atom. The summed E-state index contributed by atoms with van der Waals surface area (Å²) >= 11 is 0. The zero-order valence-corrected chi connectivity index (χ0v) is 36.6. The zero-order chi connectivity index (χ0) is 48.8. The number of urea groups is 1. The summed E-state index contributed by atoms with van der Waals surface area (Å²) < 4.78 is 6.45. The maximum atomic E-state index is 14.6. The summed E-state index contributed by atoms with van der Waals surface area (Å²) in [6.07, 6.45) is -0.173. The number of aromatic nitrogens is 4. The molecule has 3 aromatic carbocycles. The van der Waals surface area contributed by atoms with Gasteiger partial charge in [-0.25, -0.2) is 14.4 Å². The van der Waals surface area contributed by atoms with E-state index < -0.39 is 95.4 Å². The van der Waals surface area contributed by atoms with Crippen LogP contribution in [0.1, 0.15) is 29.8 Å². The predicted octanol–water partition coefficient (Wildman–Crippen LogP) is -0.0789. The van der Waals surface area contributed by atoms with Crippen molar-refractivity contribution in [3.63, 3.8) is 0 Å². The third kappa shape index (κ3) is 10.7. The minimum Gasteiger partial charge on any atom is -0.508 e. The number of nitrogens with two attached hydrogens (primary N) is 1. The molecule has 0 radical (unpaired) electrons. The largest absolute Gasteiger partial charge is 0.508 e. The number of aromatic hydroxyl groups is 1. The molecule has 5 amide bonds. The van der Waals surface area contributed by atoms with Gasteiger partial charge >= 0.3 is 17.7 Å². The molecule has 68 heavy (non-hydrogen) atoms. The number of nitrogens with one attached hydrogen (secondary N) is 7. The second-order valence-electron chi connectivity index (χ2n) is 16.4. The smallest absolute Gasteiger partial charge is 0.331 e. The minimum absolute atomic E-state index is 0.0138. The molecular weight excluding hydrogens is 885 g/mol. The summed E-state index contributed by atoms with van der Waals surface area (Å²) in [5, 5.41) is 53.3. The van der Waals surface area contributed by atoms with Crippen molar-refractivity contribution >= 4 is 51.5 Å². The molecule has 0 bridgehead atoms. The average molecular weight is 935 g/mol. The number of carbonyl (C=O) groups excluding carboxylic acids is 4. The van der Waals surface area contributed by atoms with Crippen LogP contribution >= 0.6 is 0 Å². The number of ether oxygens (including phenoxy) is 1. The highest BCUT2D eigenvalue weighted by Crippen LogP contribution is 2.30. The van der Waals surface area contributed by atoms with Crippen LogP contribution in [0.3, 0.4) is 0 Å². The Hall–Kier alpha value is -8.21. The number of benzene rings is 3. The van der Waals surface area contributed by atoms with Crippen molar-refractivity contribution in [2.75, 3.05) is 7.05 Å². The highest BCUT2D eigenvalue weighted by atomic mass is 16.6. The van der Waals surface area contributed by atoms with Gasteiger partial charge in [0.2, 0.25) is 23.9 Å². The number of amides is 5. The van der Waals surface area contributed by atoms with Crippen LogP contribution in [0.4, 0.5) is 4.79 Å². The lowest BCUT2D eigenvalue weighted by molar-refractivity contribution is -0.139. The van der Waals surface area contributed by atoms with Crippen LogP contribution in [0.2, 0.25) is 0 Å². The minimum atomic E-state index is -1.79. The SMILES string of the molecule is C[C@@H]([C@H](NC(=O)[C@H](Cc1c[nH]c2ccccc12)NC(=O)N[C@@H](Cc1c[nH]c2ccccc12)C(=O)O)C(=O)N/C=C1\O[C@@H](n2ccc(=O)[nH]c2=O)[C@H](O)[C@@H]1O)N(C)C(=O)[C@@H](N)Cc1cccc(O)c1. The lowest BCUT2D eigenvalue weighted by Crippen LogP contribution is -2.62. The van der Waals surface area contributed by atoms with Crippen molar-refractivity contribution < 1.29 is 49.1 Å². The molecule has 1 aliphatic rings.